The number of rotatable bonds is 0. The highest BCUT2D eigenvalue weighted by Crippen LogP contribution is 2.33. The van der Waals surface area contributed by atoms with Crippen molar-refractivity contribution in [1.82, 2.24) is 14.3 Å². The van der Waals surface area contributed by atoms with Crippen LogP contribution in [0.25, 0.3) is 11.4 Å². The Morgan fingerprint density at radius 3 is 2.74 bits per heavy atom. The zero-order valence-corrected chi connectivity index (χ0v) is 11.2. The van der Waals surface area contributed by atoms with Gasteiger partial charge in [-0.1, -0.05) is 11.6 Å². The fourth-order valence-electron chi connectivity index (χ4n) is 2.20. The van der Waals surface area contributed by atoms with Crippen LogP contribution in [0.2, 0.25) is 5.02 Å². The maximum absolute atomic E-state index is 12.1. The number of hydrogen-bond donors (Lipinski definition) is 0. The van der Waals surface area contributed by atoms with Gasteiger partial charge in [0.05, 0.1) is 5.69 Å². The molecule has 0 spiro atoms. The number of halogens is 1. The van der Waals surface area contributed by atoms with Crippen LogP contribution >= 0.6 is 11.6 Å². The minimum Gasteiger partial charge on any atom is -0.313 e. The van der Waals surface area contributed by atoms with Crippen molar-refractivity contribution in [1.29, 1.82) is 0 Å². The first-order chi connectivity index (χ1) is 8.99. The molecule has 0 fully saturated rings. The molecule has 1 aromatic carbocycles. The summed E-state index contributed by atoms with van der Waals surface area (Å²) in [7, 11) is 3.23. The number of aryl methyl sites for hydroxylation is 1. The van der Waals surface area contributed by atoms with E-state index in [2.05, 4.69) is 5.10 Å². The van der Waals surface area contributed by atoms with Crippen LogP contribution in [0.1, 0.15) is 0 Å². The summed E-state index contributed by atoms with van der Waals surface area (Å²) in [5.41, 5.74) is 1.06. The van der Waals surface area contributed by atoms with Crippen LogP contribution in [0.5, 0.6) is 0 Å². The Kier molecular flexibility index (Phi) is 2.50. The SMILES string of the molecule is CN1C(=O)Cn2c(nn(C)c2=O)-c2cc(Cl)ccc21. The smallest absolute Gasteiger partial charge is 0.313 e. The van der Waals surface area contributed by atoms with Crippen molar-refractivity contribution in [3.63, 3.8) is 0 Å². The first-order valence-corrected chi connectivity index (χ1v) is 6.07. The van der Waals surface area contributed by atoms with Crippen molar-refractivity contribution < 1.29 is 4.79 Å². The molecule has 0 aliphatic carbocycles. The van der Waals surface area contributed by atoms with E-state index in [0.717, 1.165) is 0 Å². The lowest BCUT2D eigenvalue weighted by Gasteiger charge is -2.16. The number of anilines is 1. The predicted octanol–water partition coefficient (Wildman–Crippen LogP) is 0.879. The number of aromatic nitrogens is 3. The van der Waals surface area contributed by atoms with E-state index >= 15 is 0 Å². The van der Waals surface area contributed by atoms with Crippen LogP contribution in [0.4, 0.5) is 5.69 Å². The van der Waals surface area contributed by atoms with Crippen molar-refractivity contribution in [2.24, 2.45) is 7.05 Å². The number of benzene rings is 1. The topological polar surface area (TPSA) is 60.1 Å². The van der Waals surface area contributed by atoms with E-state index in [4.69, 9.17) is 11.6 Å². The molecule has 0 unspecified atom stereocenters. The number of likely N-dealkylation sites (N-methyl/N-ethyl adjacent to an activating group) is 1. The third-order valence-electron chi connectivity index (χ3n) is 3.24. The lowest BCUT2D eigenvalue weighted by molar-refractivity contribution is -0.118. The highest BCUT2D eigenvalue weighted by molar-refractivity contribution is 6.31. The number of nitrogens with zero attached hydrogens (tertiary/aromatic N) is 4. The Labute approximate surface area is 113 Å². The quantitative estimate of drug-likeness (QED) is 0.719. The van der Waals surface area contributed by atoms with E-state index in [-0.39, 0.29) is 18.1 Å². The second-order valence-electron chi connectivity index (χ2n) is 4.43. The monoisotopic (exact) mass is 278 g/mol. The number of carbonyl (C=O) groups is 1. The molecule has 1 aliphatic rings. The molecule has 0 radical (unpaired) electrons. The Morgan fingerprint density at radius 1 is 1.26 bits per heavy atom. The highest BCUT2D eigenvalue weighted by atomic mass is 35.5. The molecule has 1 amide bonds. The first kappa shape index (κ1) is 12.0. The van der Waals surface area contributed by atoms with E-state index < -0.39 is 0 Å². The van der Waals surface area contributed by atoms with Crippen molar-refractivity contribution in [3.8, 4) is 11.4 Å². The van der Waals surface area contributed by atoms with Crippen LogP contribution in [0.15, 0.2) is 23.0 Å². The molecule has 0 saturated heterocycles. The lowest BCUT2D eigenvalue weighted by Crippen LogP contribution is -2.32. The van der Waals surface area contributed by atoms with Gasteiger partial charge in [-0.2, -0.15) is 0 Å². The Balaban J connectivity index is 2.40. The third kappa shape index (κ3) is 1.67. The van der Waals surface area contributed by atoms with Crippen LogP contribution in [-0.4, -0.2) is 27.3 Å². The zero-order chi connectivity index (χ0) is 13.7. The third-order valence-corrected chi connectivity index (χ3v) is 3.47. The zero-order valence-electron chi connectivity index (χ0n) is 10.4. The molecule has 0 bridgehead atoms. The Hall–Kier alpha value is -2.08. The van der Waals surface area contributed by atoms with Gasteiger partial charge in [0.2, 0.25) is 5.91 Å². The number of fused-ring (bicyclic) bond motifs is 3. The van der Waals surface area contributed by atoms with E-state index in [1.54, 1.807) is 32.3 Å². The standard InChI is InChI=1S/C12H11ClN4O2/c1-15-9-4-3-7(13)5-8(9)11-14-16(2)12(19)17(11)6-10(15)18/h3-5H,6H2,1-2H3. The average molecular weight is 279 g/mol. The predicted molar refractivity (Wildman–Crippen MR) is 71.3 cm³/mol. The molecule has 19 heavy (non-hydrogen) atoms. The molecule has 6 nitrogen and oxygen atoms in total. The second-order valence-corrected chi connectivity index (χ2v) is 4.87. The molecular formula is C12H11ClN4O2. The first-order valence-electron chi connectivity index (χ1n) is 5.69. The van der Waals surface area contributed by atoms with E-state index in [1.807, 2.05) is 0 Å². The minimum absolute atomic E-state index is 0.0230. The largest absolute Gasteiger partial charge is 0.346 e. The van der Waals surface area contributed by atoms with Gasteiger partial charge in [-0.25, -0.2) is 9.48 Å². The summed E-state index contributed by atoms with van der Waals surface area (Å²) >= 11 is 6.00. The normalized spacial score (nSPS) is 14.1. The van der Waals surface area contributed by atoms with Crippen molar-refractivity contribution in [2.45, 2.75) is 6.54 Å². The fourth-order valence-corrected chi connectivity index (χ4v) is 2.37. The van der Waals surface area contributed by atoms with Gasteiger partial charge in [-0.05, 0) is 18.2 Å². The van der Waals surface area contributed by atoms with Crippen LogP contribution in [0.3, 0.4) is 0 Å². The summed E-state index contributed by atoms with van der Waals surface area (Å²) in [4.78, 5) is 25.6. The lowest BCUT2D eigenvalue weighted by atomic mass is 10.1. The van der Waals surface area contributed by atoms with Gasteiger partial charge in [-0.3, -0.25) is 9.36 Å². The molecule has 0 N–H and O–H groups in total. The molecule has 98 valence electrons. The maximum atomic E-state index is 12.1. The van der Waals surface area contributed by atoms with E-state index in [0.29, 0.717) is 22.1 Å². The molecule has 2 heterocycles. The summed E-state index contributed by atoms with van der Waals surface area (Å²) in [6.45, 7) is -0.0230. The molecule has 0 atom stereocenters. The van der Waals surface area contributed by atoms with Crippen LogP contribution < -0.4 is 10.6 Å². The highest BCUT2D eigenvalue weighted by Gasteiger charge is 2.26. The van der Waals surface area contributed by atoms with Gasteiger partial charge < -0.3 is 4.90 Å². The van der Waals surface area contributed by atoms with Crippen molar-refractivity contribution >= 4 is 23.2 Å². The fraction of sp³-hybridized carbons (Fsp3) is 0.250. The molecule has 0 saturated carbocycles. The summed E-state index contributed by atoms with van der Waals surface area (Å²) in [5.74, 6) is 0.292. The molecule has 3 rings (SSSR count). The molecule has 1 aliphatic heterocycles. The molecule has 1 aromatic heterocycles. The van der Waals surface area contributed by atoms with Crippen LogP contribution in [-0.2, 0) is 18.4 Å². The number of carbonyl (C=O) groups excluding carboxylic acids is 1. The molecule has 2 aromatic rings. The van der Waals surface area contributed by atoms with Gasteiger partial charge in [0, 0.05) is 24.7 Å². The summed E-state index contributed by atoms with van der Waals surface area (Å²) < 4.78 is 2.58. The van der Waals surface area contributed by atoms with Gasteiger partial charge >= 0.3 is 5.69 Å². The van der Waals surface area contributed by atoms with Gasteiger partial charge in [-0.15, -0.1) is 5.10 Å². The van der Waals surface area contributed by atoms with Crippen LogP contribution in [0, 0.1) is 0 Å². The summed E-state index contributed by atoms with van der Waals surface area (Å²) in [6.07, 6.45) is 0. The Morgan fingerprint density at radius 2 is 2.00 bits per heavy atom. The maximum Gasteiger partial charge on any atom is 0.346 e. The van der Waals surface area contributed by atoms with Crippen molar-refractivity contribution in [3.05, 3.63) is 33.7 Å². The minimum atomic E-state index is -0.315. The summed E-state index contributed by atoms with van der Waals surface area (Å²) in [5, 5.41) is 4.73. The van der Waals surface area contributed by atoms with Crippen molar-refractivity contribution in [2.75, 3.05) is 11.9 Å². The van der Waals surface area contributed by atoms with Gasteiger partial charge in [0.15, 0.2) is 5.82 Å². The Bertz CT molecular complexity index is 747. The second kappa shape index (κ2) is 3.96. The number of hydrogen-bond acceptors (Lipinski definition) is 3. The van der Waals surface area contributed by atoms with Gasteiger partial charge in [0.25, 0.3) is 0 Å². The summed E-state index contributed by atoms with van der Waals surface area (Å²) in [6, 6.07) is 5.18. The molecule has 7 heteroatoms. The van der Waals surface area contributed by atoms with Gasteiger partial charge in [0.1, 0.15) is 6.54 Å². The average Bonchev–Trinajstić information content (AvgIpc) is 2.60. The van der Waals surface area contributed by atoms with E-state index in [9.17, 15) is 9.59 Å². The molecular weight excluding hydrogens is 268 g/mol. The van der Waals surface area contributed by atoms with E-state index in [1.165, 1.54) is 14.1 Å². The number of amides is 1.